The van der Waals surface area contributed by atoms with Crippen molar-refractivity contribution in [2.45, 2.75) is 45.3 Å². The summed E-state index contributed by atoms with van der Waals surface area (Å²) in [6.45, 7) is 7.15. The summed E-state index contributed by atoms with van der Waals surface area (Å²) in [5, 5.41) is 0. The van der Waals surface area contributed by atoms with Crippen LogP contribution >= 0.6 is 0 Å². The maximum atomic E-state index is 2.45. The zero-order valence-electron chi connectivity index (χ0n) is 10.9. The summed E-state index contributed by atoms with van der Waals surface area (Å²) in [6.07, 6.45) is 7.48. The van der Waals surface area contributed by atoms with Crippen LogP contribution in [0.5, 0.6) is 0 Å². The van der Waals surface area contributed by atoms with E-state index in [1.54, 1.807) is 0 Å². The number of unbranched alkanes of at least 4 members (excludes halogenated alkanes) is 2. The van der Waals surface area contributed by atoms with Crippen LogP contribution in [0.4, 0.5) is 0 Å². The van der Waals surface area contributed by atoms with Crippen LogP contribution < -0.4 is 0 Å². The van der Waals surface area contributed by atoms with Crippen LogP contribution in [-0.2, 0) is 6.42 Å². The predicted octanol–water partition coefficient (Wildman–Crippen LogP) is 4.83. The van der Waals surface area contributed by atoms with Gasteiger partial charge in [-0.05, 0) is 31.2 Å². The molecule has 0 amide bonds. The Morgan fingerprint density at radius 3 is 2.31 bits per heavy atom. The molecule has 0 bridgehead atoms. The van der Waals surface area contributed by atoms with E-state index in [1.165, 1.54) is 31.2 Å². The molecular weight excluding hydrogens is 208 g/mol. The number of allylic oxidation sites excluding steroid dienone is 1. The molecule has 0 fully saturated rings. The largest absolute Gasteiger partial charge is 0.0989 e. The minimum Gasteiger partial charge on any atom is -0.0989 e. The van der Waals surface area contributed by atoms with Crippen LogP contribution in [0.3, 0.4) is 0 Å². The highest BCUT2D eigenvalue weighted by Gasteiger charge is 2.05. The second-order valence-corrected chi connectivity index (χ2v) is 10.6. The van der Waals surface area contributed by atoms with Crippen LogP contribution in [0.2, 0.25) is 19.6 Å². The van der Waals surface area contributed by atoms with E-state index in [0.29, 0.717) is 0 Å². The minimum atomic E-state index is -0.962. The van der Waals surface area contributed by atoms with Gasteiger partial charge in [0.05, 0.1) is 8.07 Å². The molecule has 0 aliphatic carbocycles. The molecule has 1 heteroatoms. The van der Waals surface area contributed by atoms with Gasteiger partial charge >= 0.3 is 0 Å². The first-order valence-electron chi connectivity index (χ1n) is 6.29. The molecule has 0 heterocycles. The molecule has 0 radical (unpaired) electrons. The van der Waals surface area contributed by atoms with Crippen molar-refractivity contribution in [1.82, 2.24) is 0 Å². The number of aryl methyl sites for hydroxylation is 1. The summed E-state index contributed by atoms with van der Waals surface area (Å²) in [4.78, 5) is 0. The first-order valence-corrected chi connectivity index (χ1v) is 9.87. The van der Waals surface area contributed by atoms with E-state index in [1.807, 2.05) is 0 Å². The van der Waals surface area contributed by atoms with E-state index in [0.717, 1.165) is 0 Å². The van der Waals surface area contributed by atoms with Gasteiger partial charge in [0, 0.05) is 0 Å². The molecule has 1 aromatic carbocycles. The van der Waals surface area contributed by atoms with E-state index in [2.05, 4.69) is 61.7 Å². The first kappa shape index (κ1) is 13.2. The van der Waals surface area contributed by atoms with Crippen LogP contribution in [0, 0.1) is 0 Å². The van der Waals surface area contributed by atoms with Gasteiger partial charge in [-0.2, -0.15) is 0 Å². The average Bonchev–Trinajstić information content (AvgIpc) is 2.23. The maximum absolute atomic E-state index is 2.45. The van der Waals surface area contributed by atoms with E-state index in [9.17, 15) is 0 Å². The number of hydrogen-bond acceptors (Lipinski definition) is 0. The van der Waals surface area contributed by atoms with Gasteiger partial charge in [-0.1, -0.05) is 61.7 Å². The monoisotopic (exact) mass is 232 g/mol. The summed E-state index contributed by atoms with van der Waals surface area (Å²) in [7, 11) is -0.962. The lowest BCUT2D eigenvalue weighted by Gasteiger charge is -2.07. The molecule has 1 aromatic rings. The summed E-state index contributed by atoms with van der Waals surface area (Å²) in [5.41, 5.74) is 3.92. The summed E-state index contributed by atoms with van der Waals surface area (Å²) >= 11 is 0. The fraction of sp³-hybridized carbons (Fsp3) is 0.467. The van der Waals surface area contributed by atoms with E-state index in [-0.39, 0.29) is 0 Å². The standard InChI is InChI=1S/C15H24Si/c1-16(2,3)14-10-5-4-7-11-15-12-8-6-9-13-15/h6,8-10,12-14H,4-5,7,11H2,1-3H3/b14-10+. The summed E-state index contributed by atoms with van der Waals surface area (Å²) < 4.78 is 0. The highest BCUT2D eigenvalue weighted by Crippen LogP contribution is 2.08. The Morgan fingerprint density at radius 1 is 1.00 bits per heavy atom. The van der Waals surface area contributed by atoms with Crippen molar-refractivity contribution in [2.24, 2.45) is 0 Å². The van der Waals surface area contributed by atoms with E-state index in [4.69, 9.17) is 0 Å². The van der Waals surface area contributed by atoms with E-state index >= 15 is 0 Å². The van der Waals surface area contributed by atoms with Gasteiger partial charge in [-0.15, -0.1) is 0 Å². The Kier molecular flexibility index (Phi) is 5.54. The third-order valence-electron chi connectivity index (χ3n) is 2.55. The lowest BCUT2D eigenvalue weighted by Crippen LogP contribution is -2.15. The quantitative estimate of drug-likeness (QED) is 0.486. The summed E-state index contributed by atoms with van der Waals surface area (Å²) in [5.74, 6) is 0. The van der Waals surface area contributed by atoms with Crippen LogP contribution in [0.15, 0.2) is 42.1 Å². The van der Waals surface area contributed by atoms with Gasteiger partial charge in [-0.25, -0.2) is 0 Å². The van der Waals surface area contributed by atoms with Gasteiger partial charge in [0.15, 0.2) is 0 Å². The number of benzene rings is 1. The zero-order valence-corrected chi connectivity index (χ0v) is 11.9. The Hall–Kier alpha value is -0.823. The topological polar surface area (TPSA) is 0 Å². The molecule has 0 saturated carbocycles. The van der Waals surface area contributed by atoms with Crippen molar-refractivity contribution in [3.63, 3.8) is 0 Å². The van der Waals surface area contributed by atoms with Gasteiger partial charge in [0.1, 0.15) is 0 Å². The SMILES string of the molecule is C[Si](C)(C)/C=C/CCCCc1ccccc1. The van der Waals surface area contributed by atoms with Crippen molar-refractivity contribution < 1.29 is 0 Å². The zero-order chi connectivity index (χ0) is 11.9. The molecule has 0 N–H and O–H groups in total. The Morgan fingerprint density at radius 2 is 1.69 bits per heavy atom. The Labute approximate surface area is 101 Å². The normalized spacial score (nSPS) is 12.2. The number of rotatable bonds is 6. The minimum absolute atomic E-state index is 0.962. The van der Waals surface area contributed by atoms with Gasteiger partial charge in [-0.3, -0.25) is 0 Å². The van der Waals surface area contributed by atoms with Crippen LogP contribution in [-0.4, -0.2) is 8.07 Å². The first-order chi connectivity index (χ1) is 7.58. The highest BCUT2D eigenvalue weighted by atomic mass is 28.3. The van der Waals surface area contributed by atoms with Crippen molar-refractivity contribution >= 4 is 8.07 Å². The Bertz CT molecular complexity index is 306. The molecule has 16 heavy (non-hydrogen) atoms. The average molecular weight is 232 g/mol. The molecule has 0 nitrogen and oxygen atoms in total. The second kappa shape index (κ2) is 6.69. The fourth-order valence-corrected chi connectivity index (χ4v) is 2.55. The second-order valence-electron chi connectivity index (χ2n) is 5.50. The molecule has 0 saturated heterocycles. The maximum Gasteiger partial charge on any atom is 0.0682 e. The third kappa shape index (κ3) is 6.62. The number of hydrogen-bond donors (Lipinski definition) is 0. The smallest absolute Gasteiger partial charge is 0.0682 e. The predicted molar refractivity (Wildman–Crippen MR) is 76.5 cm³/mol. The molecule has 0 atom stereocenters. The molecule has 0 aromatic heterocycles. The lowest BCUT2D eigenvalue weighted by atomic mass is 10.1. The van der Waals surface area contributed by atoms with Crippen LogP contribution in [0.25, 0.3) is 0 Å². The van der Waals surface area contributed by atoms with Crippen molar-refractivity contribution in [2.75, 3.05) is 0 Å². The van der Waals surface area contributed by atoms with Gasteiger partial charge in [0.2, 0.25) is 0 Å². The molecular formula is C15H24Si. The van der Waals surface area contributed by atoms with E-state index < -0.39 is 8.07 Å². The van der Waals surface area contributed by atoms with Crippen LogP contribution in [0.1, 0.15) is 24.8 Å². The molecule has 0 aliphatic heterocycles. The molecule has 0 aliphatic rings. The lowest BCUT2D eigenvalue weighted by molar-refractivity contribution is 0.748. The van der Waals surface area contributed by atoms with Gasteiger partial charge in [0.25, 0.3) is 0 Å². The third-order valence-corrected chi connectivity index (χ3v) is 3.78. The highest BCUT2D eigenvalue weighted by molar-refractivity contribution is 6.80. The molecule has 1 rings (SSSR count). The molecule has 88 valence electrons. The Balaban J connectivity index is 2.11. The van der Waals surface area contributed by atoms with Crippen molar-refractivity contribution in [1.29, 1.82) is 0 Å². The van der Waals surface area contributed by atoms with Crippen molar-refractivity contribution in [3.05, 3.63) is 47.7 Å². The van der Waals surface area contributed by atoms with Gasteiger partial charge < -0.3 is 0 Å². The molecule has 0 unspecified atom stereocenters. The van der Waals surface area contributed by atoms with Crippen molar-refractivity contribution in [3.8, 4) is 0 Å². The fourth-order valence-electron chi connectivity index (χ4n) is 1.67. The molecule has 0 spiro atoms. The summed E-state index contributed by atoms with van der Waals surface area (Å²) in [6, 6.07) is 10.8.